The van der Waals surface area contributed by atoms with E-state index in [4.69, 9.17) is 46.4 Å². The minimum Gasteiger partial charge on any atom is -0.357 e. The molecule has 0 fully saturated rings. The summed E-state index contributed by atoms with van der Waals surface area (Å²) in [4.78, 5) is 26.6. The van der Waals surface area contributed by atoms with Gasteiger partial charge in [0.1, 0.15) is 6.04 Å². The van der Waals surface area contributed by atoms with Gasteiger partial charge in [-0.05, 0) is 42.3 Å². The van der Waals surface area contributed by atoms with E-state index in [0.29, 0.717) is 31.4 Å². The molecule has 2 aromatic carbocycles. The zero-order valence-electron chi connectivity index (χ0n) is 15.8. The van der Waals surface area contributed by atoms with Gasteiger partial charge in [-0.25, -0.2) is 0 Å². The summed E-state index contributed by atoms with van der Waals surface area (Å²) in [5, 5.41) is 4.65. The second-order valence-electron chi connectivity index (χ2n) is 6.28. The van der Waals surface area contributed by atoms with Crippen LogP contribution in [0.1, 0.15) is 18.1 Å². The van der Waals surface area contributed by atoms with Gasteiger partial charge in [0.2, 0.25) is 11.8 Å². The van der Waals surface area contributed by atoms with E-state index in [-0.39, 0.29) is 24.1 Å². The molecular weight excluding hydrogens is 474 g/mol. The molecule has 0 heterocycles. The summed E-state index contributed by atoms with van der Waals surface area (Å²) in [6.45, 7) is 1.88. The Bertz CT molecular complexity index is 895. The minimum atomic E-state index is -0.654. The first-order valence-corrected chi connectivity index (χ1v) is 11.4. The third-order valence-electron chi connectivity index (χ3n) is 4.27. The summed E-state index contributed by atoms with van der Waals surface area (Å²) in [7, 11) is 1.54. The molecule has 0 aliphatic rings. The zero-order chi connectivity index (χ0) is 21.6. The standard InChI is InChI=1S/C20H20Cl4N2O2S/c1-12(20(28)25-2)26(9-13-3-5-15(21)7-17(13)23)19(27)11-29-10-14-4-6-16(22)8-18(14)24/h3-8,12H,9-11H2,1-2H3,(H,25,28)/t12-/m1/s1. The number of hydrogen-bond donors (Lipinski definition) is 1. The molecule has 0 saturated carbocycles. The largest absolute Gasteiger partial charge is 0.357 e. The average molecular weight is 494 g/mol. The van der Waals surface area contributed by atoms with Crippen LogP contribution in [0.4, 0.5) is 0 Å². The van der Waals surface area contributed by atoms with Crippen LogP contribution in [0.3, 0.4) is 0 Å². The average Bonchev–Trinajstić information content (AvgIpc) is 2.67. The first-order valence-electron chi connectivity index (χ1n) is 8.69. The van der Waals surface area contributed by atoms with Crippen molar-refractivity contribution in [3.63, 3.8) is 0 Å². The van der Waals surface area contributed by atoms with Crippen molar-refractivity contribution in [3.05, 3.63) is 67.6 Å². The van der Waals surface area contributed by atoms with Gasteiger partial charge in [-0.15, -0.1) is 11.8 Å². The van der Waals surface area contributed by atoms with E-state index in [9.17, 15) is 9.59 Å². The first-order chi connectivity index (χ1) is 13.7. The summed E-state index contributed by atoms with van der Waals surface area (Å²) in [6, 6.07) is 9.68. The number of nitrogens with zero attached hydrogens (tertiary/aromatic N) is 1. The van der Waals surface area contributed by atoms with Crippen molar-refractivity contribution in [3.8, 4) is 0 Å². The summed E-state index contributed by atoms with van der Waals surface area (Å²) in [5.41, 5.74) is 1.60. The van der Waals surface area contributed by atoms with Gasteiger partial charge in [-0.2, -0.15) is 0 Å². The number of amides is 2. The normalized spacial score (nSPS) is 11.8. The maximum atomic E-state index is 12.9. The summed E-state index contributed by atoms with van der Waals surface area (Å²) in [6.07, 6.45) is 0. The molecule has 0 aliphatic heterocycles. The third kappa shape index (κ3) is 6.97. The molecule has 0 aliphatic carbocycles. The van der Waals surface area contributed by atoms with Crippen LogP contribution in [0.15, 0.2) is 36.4 Å². The quantitative estimate of drug-likeness (QED) is 0.513. The maximum absolute atomic E-state index is 12.9. The summed E-state index contributed by atoms with van der Waals surface area (Å²) < 4.78 is 0. The van der Waals surface area contributed by atoms with Crippen LogP contribution in [0, 0.1) is 0 Å². The molecule has 0 unspecified atom stereocenters. The minimum absolute atomic E-state index is 0.179. The van der Waals surface area contributed by atoms with Crippen molar-refractivity contribution < 1.29 is 9.59 Å². The van der Waals surface area contributed by atoms with Crippen LogP contribution in [0.5, 0.6) is 0 Å². The van der Waals surface area contributed by atoms with E-state index in [0.717, 1.165) is 5.56 Å². The number of nitrogens with one attached hydrogen (secondary N) is 1. The van der Waals surface area contributed by atoms with Crippen molar-refractivity contribution in [1.29, 1.82) is 0 Å². The highest BCUT2D eigenvalue weighted by Gasteiger charge is 2.26. The van der Waals surface area contributed by atoms with Crippen LogP contribution in [0.2, 0.25) is 20.1 Å². The lowest BCUT2D eigenvalue weighted by molar-refractivity contribution is -0.138. The summed E-state index contributed by atoms with van der Waals surface area (Å²) >= 11 is 25.7. The lowest BCUT2D eigenvalue weighted by Crippen LogP contribution is -2.47. The van der Waals surface area contributed by atoms with E-state index in [1.165, 1.54) is 23.7 Å². The number of carbonyl (C=O) groups is 2. The number of likely N-dealkylation sites (N-methyl/N-ethyl adjacent to an activating group) is 1. The van der Waals surface area contributed by atoms with Gasteiger partial charge in [-0.3, -0.25) is 9.59 Å². The van der Waals surface area contributed by atoms with Gasteiger partial charge >= 0.3 is 0 Å². The van der Waals surface area contributed by atoms with Crippen molar-refractivity contribution >= 4 is 70.0 Å². The molecule has 2 amide bonds. The molecule has 0 radical (unpaired) electrons. The Morgan fingerprint density at radius 3 is 2.07 bits per heavy atom. The fourth-order valence-corrected chi connectivity index (χ4v) is 4.53. The van der Waals surface area contributed by atoms with Crippen molar-refractivity contribution in [2.24, 2.45) is 0 Å². The van der Waals surface area contributed by atoms with Crippen LogP contribution < -0.4 is 5.32 Å². The number of halogens is 4. The Hall–Kier alpha value is -1.11. The van der Waals surface area contributed by atoms with Crippen LogP contribution >= 0.6 is 58.2 Å². The van der Waals surface area contributed by atoms with Crippen LogP contribution in [0.25, 0.3) is 0 Å². The van der Waals surface area contributed by atoms with Crippen molar-refractivity contribution in [2.75, 3.05) is 12.8 Å². The Kier molecular flexibility index (Phi) is 9.44. The molecule has 0 aromatic heterocycles. The lowest BCUT2D eigenvalue weighted by atomic mass is 10.1. The number of rotatable bonds is 8. The van der Waals surface area contributed by atoms with Gasteiger partial charge < -0.3 is 10.2 Å². The van der Waals surface area contributed by atoms with Gasteiger partial charge in [0.25, 0.3) is 0 Å². The Labute approximate surface area is 194 Å². The monoisotopic (exact) mass is 492 g/mol. The van der Waals surface area contributed by atoms with Crippen LogP contribution in [-0.4, -0.2) is 35.6 Å². The Balaban J connectivity index is 2.10. The molecule has 0 saturated heterocycles. The Morgan fingerprint density at radius 1 is 1.00 bits per heavy atom. The van der Waals surface area contributed by atoms with E-state index < -0.39 is 6.04 Å². The molecule has 0 bridgehead atoms. The van der Waals surface area contributed by atoms with Crippen LogP contribution in [-0.2, 0) is 21.9 Å². The smallest absolute Gasteiger partial charge is 0.242 e. The molecule has 2 rings (SSSR count). The third-order valence-corrected chi connectivity index (χ3v) is 6.41. The fraction of sp³-hybridized carbons (Fsp3) is 0.300. The van der Waals surface area contributed by atoms with E-state index >= 15 is 0 Å². The molecule has 4 nitrogen and oxygen atoms in total. The summed E-state index contributed by atoms with van der Waals surface area (Å²) in [5.74, 6) is 0.299. The number of thioether (sulfide) groups is 1. The SMILES string of the molecule is CNC(=O)[C@@H](C)N(Cc1ccc(Cl)cc1Cl)C(=O)CSCc1ccc(Cl)cc1Cl. The highest BCUT2D eigenvalue weighted by Crippen LogP contribution is 2.26. The molecule has 156 valence electrons. The van der Waals surface area contributed by atoms with Crippen molar-refractivity contribution in [1.82, 2.24) is 10.2 Å². The van der Waals surface area contributed by atoms with E-state index in [1.807, 2.05) is 6.07 Å². The van der Waals surface area contributed by atoms with Gasteiger partial charge in [0.15, 0.2) is 0 Å². The molecule has 9 heteroatoms. The predicted octanol–water partition coefficient (Wildman–Crippen LogP) is 5.70. The zero-order valence-corrected chi connectivity index (χ0v) is 19.7. The van der Waals surface area contributed by atoms with E-state index in [1.54, 1.807) is 37.3 Å². The molecule has 1 atom stereocenters. The molecule has 2 aromatic rings. The predicted molar refractivity (Wildman–Crippen MR) is 123 cm³/mol. The van der Waals surface area contributed by atoms with Gasteiger partial charge in [-0.1, -0.05) is 58.5 Å². The molecule has 29 heavy (non-hydrogen) atoms. The lowest BCUT2D eigenvalue weighted by Gasteiger charge is -2.28. The van der Waals surface area contributed by atoms with E-state index in [2.05, 4.69) is 5.32 Å². The topological polar surface area (TPSA) is 49.4 Å². The Morgan fingerprint density at radius 2 is 1.55 bits per heavy atom. The maximum Gasteiger partial charge on any atom is 0.242 e. The number of hydrogen-bond acceptors (Lipinski definition) is 3. The second kappa shape index (κ2) is 11.3. The second-order valence-corrected chi connectivity index (χ2v) is 8.95. The van der Waals surface area contributed by atoms with Gasteiger partial charge in [0.05, 0.1) is 5.75 Å². The molecule has 0 spiro atoms. The molecule has 1 N–H and O–H groups in total. The molecular formula is C20H20Cl4N2O2S. The van der Waals surface area contributed by atoms with Gasteiger partial charge in [0, 0.05) is 39.4 Å². The highest BCUT2D eigenvalue weighted by atomic mass is 35.5. The first kappa shape index (κ1) is 24.2. The highest BCUT2D eigenvalue weighted by molar-refractivity contribution is 7.99. The van der Waals surface area contributed by atoms with Crippen molar-refractivity contribution in [2.45, 2.75) is 25.3 Å². The number of benzene rings is 2. The number of carbonyl (C=O) groups excluding carboxylic acids is 2. The fourth-order valence-electron chi connectivity index (χ4n) is 2.59.